The van der Waals surface area contributed by atoms with Crippen LogP contribution in [0.1, 0.15) is 19.4 Å². The summed E-state index contributed by atoms with van der Waals surface area (Å²) in [6.45, 7) is 3.69. The van der Waals surface area contributed by atoms with Crippen LogP contribution in [0.15, 0.2) is 35.9 Å². The molecule has 0 spiro atoms. The number of halogens is 1. The first-order chi connectivity index (χ1) is 12.4. The van der Waals surface area contributed by atoms with Crippen molar-refractivity contribution in [3.8, 4) is 0 Å². The SMILES string of the molecule is CCOC(=O)C(C(=O)OCC)C1C(=O)N(C)C/C1=C(\Cl)c1ccccc1. The molecule has 1 aromatic rings. The van der Waals surface area contributed by atoms with Crippen LogP contribution in [-0.2, 0) is 23.9 Å². The van der Waals surface area contributed by atoms with E-state index < -0.39 is 23.8 Å². The Morgan fingerprint density at radius 2 is 1.69 bits per heavy atom. The van der Waals surface area contributed by atoms with Gasteiger partial charge >= 0.3 is 11.9 Å². The highest BCUT2D eigenvalue weighted by atomic mass is 35.5. The Morgan fingerprint density at radius 1 is 1.15 bits per heavy atom. The minimum absolute atomic E-state index is 0.0942. The Bertz CT molecular complexity index is 698. The topological polar surface area (TPSA) is 72.9 Å². The van der Waals surface area contributed by atoms with Gasteiger partial charge in [-0.05, 0) is 25.0 Å². The number of benzene rings is 1. The molecule has 1 aliphatic rings. The van der Waals surface area contributed by atoms with Gasteiger partial charge in [-0.2, -0.15) is 0 Å². The first kappa shape index (κ1) is 20.0. The molecule has 0 bridgehead atoms. The molecule has 1 amide bonds. The van der Waals surface area contributed by atoms with E-state index in [1.807, 2.05) is 18.2 Å². The van der Waals surface area contributed by atoms with Crippen LogP contribution in [0.2, 0.25) is 0 Å². The van der Waals surface area contributed by atoms with Crippen molar-refractivity contribution in [1.82, 2.24) is 4.90 Å². The first-order valence-corrected chi connectivity index (χ1v) is 8.82. The van der Waals surface area contributed by atoms with Gasteiger partial charge in [-0.15, -0.1) is 0 Å². The average molecular weight is 380 g/mol. The lowest BCUT2D eigenvalue weighted by Crippen LogP contribution is -2.39. The maximum Gasteiger partial charge on any atom is 0.321 e. The van der Waals surface area contributed by atoms with Crippen molar-refractivity contribution in [3.63, 3.8) is 0 Å². The van der Waals surface area contributed by atoms with Crippen LogP contribution in [-0.4, -0.2) is 49.6 Å². The Hall–Kier alpha value is -2.34. The van der Waals surface area contributed by atoms with Gasteiger partial charge in [-0.3, -0.25) is 14.4 Å². The number of likely N-dealkylation sites (tertiary alicyclic amines) is 1. The summed E-state index contributed by atoms with van der Waals surface area (Å²) in [5.41, 5.74) is 1.22. The molecule has 0 radical (unpaired) electrons. The molecule has 140 valence electrons. The molecule has 1 atom stereocenters. The monoisotopic (exact) mass is 379 g/mol. The number of nitrogens with zero attached hydrogens (tertiary/aromatic N) is 1. The van der Waals surface area contributed by atoms with Gasteiger partial charge in [0.1, 0.15) is 0 Å². The van der Waals surface area contributed by atoms with E-state index >= 15 is 0 Å². The van der Waals surface area contributed by atoms with Gasteiger partial charge in [0.05, 0.1) is 19.1 Å². The van der Waals surface area contributed by atoms with Crippen LogP contribution in [0, 0.1) is 11.8 Å². The molecule has 1 aromatic carbocycles. The van der Waals surface area contributed by atoms with Crippen molar-refractivity contribution >= 4 is 34.5 Å². The lowest BCUT2D eigenvalue weighted by Gasteiger charge is -2.20. The Labute approximate surface area is 157 Å². The van der Waals surface area contributed by atoms with E-state index in [9.17, 15) is 14.4 Å². The lowest BCUT2D eigenvalue weighted by atomic mass is 9.86. The van der Waals surface area contributed by atoms with Crippen LogP contribution in [0.3, 0.4) is 0 Å². The van der Waals surface area contributed by atoms with Gasteiger partial charge in [-0.1, -0.05) is 41.9 Å². The van der Waals surface area contributed by atoms with Gasteiger partial charge in [0, 0.05) is 18.6 Å². The summed E-state index contributed by atoms with van der Waals surface area (Å²) in [5.74, 6) is -4.34. The average Bonchev–Trinajstić information content (AvgIpc) is 2.91. The van der Waals surface area contributed by atoms with E-state index in [2.05, 4.69) is 0 Å². The van der Waals surface area contributed by atoms with E-state index in [4.69, 9.17) is 21.1 Å². The van der Waals surface area contributed by atoms with Crippen LogP contribution >= 0.6 is 11.6 Å². The summed E-state index contributed by atoms with van der Waals surface area (Å²) < 4.78 is 10.1. The quantitative estimate of drug-likeness (QED) is 0.560. The number of hydrogen-bond acceptors (Lipinski definition) is 5. The van der Waals surface area contributed by atoms with Gasteiger partial charge in [0.25, 0.3) is 0 Å². The second-order valence-corrected chi connectivity index (χ2v) is 6.24. The highest BCUT2D eigenvalue weighted by Crippen LogP contribution is 2.38. The molecule has 1 unspecified atom stereocenters. The normalized spacial score (nSPS) is 18.9. The van der Waals surface area contributed by atoms with Crippen molar-refractivity contribution in [2.75, 3.05) is 26.8 Å². The summed E-state index contributed by atoms with van der Waals surface area (Å²) in [6, 6.07) is 9.10. The third-order valence-electron chi connectivity index (χ3n) is 4.15. The van der Waals surface area contributed by atoms with Gasteiger partial charge in [0.15, 0.2) is 5.92 Å². The van der Waals surface area contributed by atoms with E-state index in [-0.39, 0.29) is 25.7 Å². The first-order valence-electron chi connectivity index (χ1n) is 8.44. The van der Waals surface area contributed by atoms with Crippen molar-refractivity contribution in [2.45, 2.75) is 13.8 Å². The lowest BCUT2D eigenvalue weighted by molar-refractivity contribution is -0.165. The standard InChI is InChI=1S/C19H22ClNO5/c1-4-25-18(23)15(19(24)26-5-2)14-13(11-21(3)17(14)22)16(20)12-9-7-6-8-10-12/h6-10,14-15H,4-5,11H2,1-3H3/b16-13+. The predicted octanol–water partition coefficient (Wildman–Crippen LogP) is 2.47. The molecule has 2 rings (SSSR count). The fourth-order valence-electron chi connectivity index (χ4n) is 2.97. The molecule has 0 aromatic heterocycles. The third kappa shape index (κ3) is 4.07. The van der Waals surface area contributed by atoms with Crippen molar-refractivity contribution in [2.24, 2.45) is 11.8 Å². The van der Waals surface area contributed by atoms with E-state index in [0.29, 0.717) is 16.2 Å². The molecule has 1 fully saturated rings. The second kappa shape index (κ2) is 8.85. The Balaban J connectivity index is 2.53. The van der Waals surface area contributed by atoms with Crippen LogP contribution in [0.5, 0.6) is 0 Å². The zero-order valence-electron chi connectivity index (χ0n) is 15.0. The van der Waals surface area contributed by atoms with Crippen LogP contribution < -0.4 is 0 Å². The Kier molecular flexibility index (Phi) is 6.80. The summed E-state index contributed by atoms with van der Waals surface area (Å²) in [7, 11) is 1.60. The third-order valence-corrected chi connectivity index (χ3v) is 4.61. The molecule has 0 saturated carbocycles. The molecule has 6 nitrogen and oxygen atoms in total. The van der Waals surface area contributed by atoms with Gasteiger partial charge in [-0.25, -0.2) is 0 Å². The maximum atomic E-state index is 12.7. The predicted molar refractivity (Wildman–Crippen MR) is 97.1 cm³/mol. The summed E-state index contributed by atoms with van der Waals surface area (Å²) in [4.78, 5) is 39.1. The van der Waals surface area contributed by atoms with Crippen molar-refractivity contribution in [1.29, 1.82) is 0 Å². The minimum atomic E-state index is -1.38. The molecule has 1 aliphatic heterocycles. The van der Waals surface area contributed by atoms with E-state index in [1.54, 1.807) is 33.0 Å². The van der Waals surface area contributed by atoms with E-state index in [0.717, 1.165) is 0 Å². The number of carbonyl (C=O) groups excluding carboxylic acids is 3. The number of hydrogen-bond donors (Lipinski definition) is 0. The van der Waals surface area contributed by atoms with Crippen LogP contribution in [0.25, 0.3) is 5.03 Å². The molecular weight excluding hydrogens is 358 g/mol. The number of rotatable bonds is 6. The molecule has 1 saturated heterocycles. The zero-order valence-corrected chi connectivity index (χ0v) is 15.8. The molecule has 26 heavy (non-hydrogen) atoms. The summed E-state index contributed by atoms with van der Waals surface area (Å²) in [5, 5.41) is 0.354. The van der Waals surface area contributed by atoms with Crippen molar-refractivity contribution in [3.05, 3.63) is 41.5 Å². The Morgan fingerprint density at radius 3 is 2.19 bits per heavy atom. The zero-order chi connectivity index (χ0) is 19.3. The number of ether oxygens (including phenoxy) is 2. The van der Waals surface area contributed by atoms with Crippen LogP contribution in [0.4, 0.5) is 0 Å². The highest BCUT2D eigenvalue weighted by molar-refractivity contribution is 6.49. The van der Waals surface area contributed by atoms with E-state index in [1.165, 1.54) is 4.90 Å². The minimum Gasteiger partial charge on any atom is -0.465 e. The number of carbonyl (C=O) groups is 3. The number of likely N-dealkylation sites (N-methyl/N-ethyl adjacent to an activating group) is 1. The van der Waals surface area contributed by atoms with Gasteiger partial charge in [0.2, 0.25) is 5.91 Å². The molecule has 7 heteroatoms. The molecule has 0 N–H and O–H groups in total. The maximum absolute atomic E-state index is 12.7. The molecule has 0 aliphatic carbocycles. The largest absolute Gasteiger partial charge is 0.465 e. The smallest absolute Gasteiger partial charge is 0.321 e. The highest BCUT2D eigenvalue weighted by Gasteiger charge is 2.49. The summed E-state index contributed by atoms with van der Waals surface area (Å²) >= 11 is 6.54. The fourth-order valence-corrected chi connectivity index (χ4v) is 3.27. The fraction of sp³-hybridized carbons (Fsp3) is 0.421. The second-order valence-electron chi connectivity index (χ2n) is 5.86. The number of esters is 2. The number of amides is 1. The summed E-state index contributed by atoms with van der Waals surface area (Å²) in [6.07, 6.45) is 0. The van der Waals surface area contributed by atoms with Gasteiger partial charge < -0.3 is 14.4 Å². The molecule has 1 heterocycles. The molecular formula is C19H22ClNO5. The van der Waals surface area contributed by atoms with Crippen molar-refractivity contribution < 1.29 is 23.9 Å².